The maximum Gasteiger partial charge on any atom is 0.123 e. The third kappa shape index (κ3) is 4.08. The average Bonchev–Trinajstić information content (AvgIpc) is 2.55. The van der Waals surface area contributed by atoms with Crippen molar-refractivity contribution in [3.63, 3.8) is 0 Å². The molecule has 0 spiro atoms. The van der Waals surface area contributed by atoms with Gasteiger partial charge in [0.05, 0.1) is 5.84 Å². The van der Waals surface area contributed by atoms with Crippen LogP contribution in [0.2, 0.25) is 0 Å². The second-order valence-corrected chi connectivity index (χ2v) is 5.32. The Morgan fingerprint density at radius 1 is 0.909 bits per heavy atom. The highest BCUT2D eigenvalue weighted by atomic mass is 35.5. The van der Waals surface area contributed by atoms with E-state index < -0.39 is 0 Å². The number of piperidine rings is 1. The highest BCUT2D eigenvalue weighted by Gasteiger charge is 2.15. The molecule has 0 amide bonds. The van der Waals surface area contributed by atoms with Crippen molar-refractivity contribution in [3.8, 4) is 0 Å². The molecule has 1 aliphatic rings. The van der Waals surface area contributed by atoms with E-state index in [1.54, 1.807) is 0 Å². The minimum atomic E-state index is -0.214. The molecule has 2 aromatic carbocycles. The van der Waals surface area contributed by atoms with E-state index >= 15 is 0 Å². The van der Waals surface area contributed by atoms with Crippen LogP contribution in [0.3, 0.4) is 0 Å². The summed E-state index contributed by atoms with van der Waals surface area (Å²) in [5.41, 5.74) is 2.14. The van der Waals surface area contributed by atoms with Gasteiger partial charge in [-0.2, -0.15) is 0 Å². The van der Waals surface area contributed by atoms with E-state index in [0.29, 0.717) is 0 Å². The first-order valence-electron chi connectivity index (χ1n) is 7.44. The molecule has 22 heavy (non-hydrogen) atoms. The summed E-state index contributed by atoms with van der Waals surface area (Å²) in [6, 6.07) is 16.7. The molecule has 1 atom stereocenters. The summed E-state index contributed by atoms with van der Waals surface area (Å²) in [4.78, 5) is 4.89. The molecule has 4 heteroatoms. The molecule has 0 bridgehead atoms. The second kappa shape index (κ2) is 7.95. The van der Waals surface area contributed by atoms with Crippen molar-refractivity contribution < 1.29 is 4.39 Å². The first-order valence-corrected chi connectivity index (χ1v) is 7.44. The molecule has 0 radical (unpaired) electrons. The summed E-state index contributed by atoms with van der Waals surface area (Å²) >= 11 is 0. The van der Waals surface area contributed by atoms with Gasteiger partial charge < -0.3 is 5.32 Å². The number of hydrogen-bond donors (Lipinski definition) is 1. The van der Waals surface area contributed by atoms with Gasteiger partial charge in [0.25, 0.3) is 0 Å². The predicted molar refractivity (Wildman–Crippen MR) is 91.2 cm³/mol. The van der Waals surface area contributed by atoms with Gasteiger partial charge in [-0.25, -0.2) is 4.39 Å². The average molecular weight is 319 g/mol. The smallest absolute Gasteiger partial charge is 0.123 e. The SMILES string of the molecule is Cl.Fc1ccc(C(/N=C2/CCCCN2)c2ccccc2)cc1. The molecule has 116 valence electrons. The van der Waals surface area contributed by atoms with Crippen LogP contribution < -0.4 is 5.32 Å². The second-order valence-electron chi connectivity index (χ2n) is 5.32. The van der Waals surface area contributed by atoms with Crippen LogP contribution in [-0.4, -0.2) is 12.4 Å². The number of rotatable bonds is 3. The Morgan fingerprint density at radius 3 is 2.23 bits per heavy atom. The van der Waals surface area contributed by atoms with Crippen LogP contribution in [0.1, 0.15) is 36.4 Å². The fourth-order valence-electron chi connectivity index (χ4n) is 2.63. The maximum absolute atomic E-state index is 13.2. The van der Waals surface area contributed by atoms with E-state index in [0.717, 1.165) is 29.9 Å². The number of nitrogens with one attached hydrogen (secondary N) is 1. The summed E-state index contributed by atoms with van der Waals surface area (Å²) in [5, 5.41) is 3.38. The molecule has 2 nitrogen and oxygen atoms in total. The lowest BCUT2D eigenvalue weighted by molar-refractivity contribution is 0.626. The molecule has 2 aromatic rings. The highest BCUT2D eigenvalue weighted by Crippen LogP contribution is 2.27. The Bertz CT molecular complexity index is 603. The van der Waals surface area contributed by atoms with Gasteiger partial charge in [-0.15, -0.1) is 12.4 Å². The summed E-state index contributed by atoms with van der Waals surface area (Å²) in [7, 11) is 0. The lowest BCUT2D eigenvalue weighted by Crippen LogP contribution is -2.29. The molecule has 0 saturated carbocycles. The summed E-state index contributed by atoms with van der Waals surface area (Å²) in [5.74, 6) is 0.841. The standard InChI is InChI=1S/C18H19FN2.ClH/c19-16-11-9-15(10-12-16)18(14-6-2-1-3-7-14)21-17-8-4-5-13-20-17;/h1-3,6-7,9-12,18H,4-5,8,13H2,(H,20,21);1H. The van der Waals surface area contributed by atoms with Crippen molar-refractivity contribution in [1.82, 2.24) is 5.32 Å². The van der Waals surface area contributed by atoms with Gasteiger partial charge in [-0.1, -0.05) is 42.5 Å². The molecular formula is C18H20ClFN2. The van der Waals surface area contributed by atoms with Gasteiger partial charge in [-0.3, -0.25) is 4.99 Å². The first-order chi connectivity index (χ1) is 10.3. The zero-order valence-electron chi connectivity index (χ0n) is 12.3. The predicted octanol–water partition coefficient (Wildman–Crippen LogP) is 4.51. The molecule has 0 aromatic heterocycles. The zero-order chi connectivity index (χ0) is 14.5. The van der Waals surface area contributed by atoms with Crippen molar-refractivity contribution >= 4 is 18.2 Å². The number of benzene rings is 2. The quantitative estimate of drug-likeness (QED) is 0.884. The van der Waals surface area contributed by atoms with Crippen LogP contribution in [-0.2, 0) is 0 Å². The van der Waals surface area contributed by atoms with Gasteiger partial charge >= 0.3 is 0 Å². The number of halogens is 2. The fourth-order valence-corrected chi connectivity index (χ4v) is 2.63. The van der Waals surface area contributed by atoms with Crippen LogP contribution in [0, 0.1) is 5.82 Å². The zero-order valence-corrected chi connectivity index (χ0v) is 13.2. The Morgan fingerprint density at radius 2 is 1.59 bits per heavy atom. The largest absolute Gasteiger partial charge is 0.374 e. The molecule has 1 unspecified atom stereocenters. The Labute approximate surface area is 136 Å². The van der Waals surface area contributed by atoms with E-state index in [9.17, 15) is 4.39 Å². The van der Waals surface area contributed by atoms with E-state index in [1.807, 2.05) is 30.3 Å². The van der Waals surface area contributed by atoms with Crippen LogP contribution in [0.15, 0.2) is 59.6 Å². The van der Waals surface area contributed by atoms with Crippen LogP contribution in [0.5, 0.6) is 0 Å². The Kier molecular flexibility index (Phi) is 5.96. The molecule has 3 rings (SSSR count). The summed E-state index contributed by atoms with van der Waals surface area (Å²) in [6.07, 6.45) is 3.37. The number of nitrogens with zero attached hydrogens (tertiary/aromatic N) is 1. The highest BCUT2D eigenvalue weighted by molar-refractivity contribution is 5.85. The monoisotopic (exact) mass is 318 g/mol. The van der Waals surface area contributed by atoms with Crippen molar-refractivity contribution in [2.75, 3.05) is 6.54 Å². The Balaban J connectivity index is 0.00000176. The van der Waals surface area contributed by atoms with Crippen molar-refractivity contribution in [1.29, 1.82) is 0 Å². The van der Waals surface area contributed by atoms with Crippen LogP contribution in [0.4, 0.5) is 4.39 Å². The summed E-state index contributed by atoms with van der Waals surface area (Å²) in [6.45, 7) is 0.990. The van der Waals surface area contributed by atoms with Crippen molar-refractivity contribution in [3.05, 3.63) is 71.5 Å². The van der Waals surface area contributed by atoms with Crippen LogP contribution in [0.25, 0.3) is 0 Å². The minimum absolute atomic E-state index is 0. The Hall–Kier alpha value is -1.87. The molecule has 0 aliphatic carbocycles. The van der Waals surface area contributed by atoms with Crippen molar-refractivity contribution in [2.45, 2.75) is 25.3 Å². The minimum Gasteiger partial charge on any atom is -0.374 e. The van der Waals surface area contributed by atoms with Crippen LogP contribution >= 0.6 is 12.4 Å². The summed E-state index contributed by atoms with van der Waals surface area (Å²) < 4.78 is 13.2. The molecule has 1 heterocycles. The van der Waals surface area contributed by atoms with E-state index in [-0.39, 0.29) is 24.3 Å². The van der Waals surface area contributed by atoms with Gasteiger partial charge in [0.2, 0.25) is 0 Å². The molecule has 1 N–H and O–H groups in total. The third-order valence-electron chi connectivity index (χ3n) is 3.76. The molecule has 1 fully saturated rings. The van der Waals surface area contributed by atoms with E-state index in [2.05, 4.69) is 17.4 Å². The molecular weight excluding hydrogens is 299 g/mol. The van der Waals surface area contributed by atoms with Gasteiger partial charge in [0.1, 0.15) is 11.9 Å². The van der Waals surface area contributed by atoms with E-state index in [4.69, 9.17) is 4.99 Å². The fraction of sp³-hybridized carbons (Fsp3) is 0.278. The van der Waals surface area contributed by atoms with E-state index in [1.165, 1.54) is 25.0 Å². The lowest BCUT2D eigenvalue weighted by atomic mass is 9.99. The molecule has 1 aliphatic heterocycles. The van der Waals surface area contributed by atoms with Gasteiger partial charge in [0, 0.05) is 13.0 Å². The number of aliphatic imine (C=N–C) groups is 1. The lowest BCUT2D eigenvalue weighted by Gasteiger charge is -2.20. The van der Waals surface area contributed by atoms with Gasteiger partial charge in [-0.05, 0) is 36.1 Å². The number of amidine groups is 1. The molecule has 1 saturated heterocycles. The van der Waals surface area contributed by atoms with Crippen molar-refractivity contribution in [2.24, 2.45) is 4.99 Å². The third-order valence-corrected chi connectivity index (χ3v) is 3.76. The maximum atomic E-state index is 13.2. The number of hydrogen-bond acceptors (Lipinski definition) is 1. The van der Waals surface area contributed by atoms with Gasteiger partial charge in [0.15, 0.2) is 0 Å². The topological polar surface area (TPSA) is 24.4 Å². The normalized spacial score (nSPS) is 17.4. The first kappa shape index (κ1) is 16.5.